The third-order valence-electron chi connectivity index (χ3n) is 1.97. The molecule has 98 valence electrons. The molecule has 0 aliphatic heterocycles. The van der Waals surface area contributed by atoms with Crippen LogP contribution in [0.4, 0.5) is 5.69 Å². The molecule has 2 aromatic heterocycles. The largest absolute Gasteiger partial charge is 0.478 e. The van der Waals surface area contributed by atoms with Gasteiger partial charge in [-0.15, -0.1) is 10.2 Å². The van der Waals surface area contributed by atoms with E-state index in [0.29, 0.717) is 4.34 Å². The molecule has 0 aliphatic carbocycles. The van der Waals surface area contributed by atoms with Crippen LogP contribution in [-0.2, 0) is 0 Å². The fourth-order valence-electron chi connectivity index (χ4n) is 1.18. The van der Waals surface area contributed by atoms with Crippen molar-refractivity contribution in [2.75, 3.05) is 0 Å². The molecule has 0 radical (unpaired) electrons. The van der Waals surface area contributed by atoms with E-state index in [9.17, 15) is 14.9 Å². The van der Waals surface area contributed by atoms with Crippen LogP contribution in [0, 0.1) is 17.0 Å². The molecule has 0 atom stereocenters. The number of carboxylic acid groups (broad SMARTS) is 1. The number of aromatic nitrogens is 3. The monoisotopic (exact) mass is 298 g/mol. The van der Waals surface area contributed by atoms with Gasteiger partial charge in [0.2, 0.25) is 0 Å². The normalized spacial score (nSPS) is 10.4. The number of pyridine rings is 1. The van der Waals surface area contributed by atoms with Crippen LogP contribution in [-0.4, -0.2) is 31.2 Å². The zero-order valence-corrected chi connectivity index (χ0v) is 11.1. The van der Waals surface area contributed by atoms with Gasteiger partial charge in [0.1, 0.15) is 16.2 Å². The lowest BCUT2D eigenvalue weighted by atomic mass is 10.3. The second-order valence-corrected chi connectivity index (χ2v) is 5.72. The molecular formula is C9H6N4O4S2. The Balaban J connectivity index is 2.39. The average molecular weight is 298 g/mol. The number of hydrogen-bond donors (Lipinski definition) is 1. The minimum absolute atomic E-state index is 0.147. The molecule has 0 amide bonds. The molecular weight excluding hydrogens is 292 g/mol. The smallest absolute Gasteiger partial charge is 0.338 e. The minimum Gasteiger partial charge on any atom is -0.478 e. The van der Waals surface area contributed by atoms with Crippen molar-refractivity contribution in [2.24, 2.45) is 0 Å². The maximum atomic E-state index is 11.1. The van der Waals surface area contributed by atoms with Gasteiger partial charge in [-0.25, -0.2) is 9.78 Å². The first-order chi connectivity index (χ1) is 8.97. The molecule has 0 saturated heterocycles. The van der Waals surface area contributed by atoms with Gasteiger partial charge in [0.15, 0.2) is 4.34 Å². The molecule has 0 fully saturated rings. The fraction of sp³-hybridized carbons (Fsp3) is 0.111. The molecule has 0 saturated carbocycles. The van der Waals surface area contributed by atoms with Crippen LogP contribution < -0.4 is 0 Å². The molecule has 2 heterocycles. The SMILES string of the molecule is Cc1nnc(Sc2ncc([N+](=O)[O-])cc2C(=O)O)s1. The van der Waals surface area contributed by atoms with Crippen molar-refractivity contribution in [1.29, 1.82) is 0 Å². The number of aromatic carboxylic acids is 1. The summed E-state index contributed by atoms with van der Waals surface area (Å²) >= 11 is 2.30. The highest BCUT2D eigenvalue weighted by Gasteiger charge is 2.19. The van der Waals surface area contributed by atoms with Crippen molar-refractivity contribution < 1.29 is 14.8 Å². The Morgan fingerprint density at radius 3 is 2.79 bits per heavy atom. The summed E-state index contributed by atoms with van der Waals surface area (Å²) in [6.07, 6.45) is 1.02. The van der Waals surface area contributed by atoms with Crippen molar-refractivity contribution >= 4 is 34.8 Å². The standard InChI is InChI=1S/C9H6N4O4S2/c1-4-11-12-9(18-4)19-7-6(8(14)15)2-5(3-10-7)13(16)17/h2-3H,1H3,(H,14,15). The Bertz CT molecular complexity index is 657. The van der Waals surface area contributed by atoms with E-state index in [0.717, 1.165) is 29.0 Å². The number of carboxylic acids is 1. The lowest BCUT2D eigenvalue weighted by Crippen LogP contribution is -2.02. The number of nitrogens with zero attached hydrogens (tertiary/aromatic N) is 4. The van der Waals surface area contributed by atoms with Crippen LogP contribution in [0.2, 0.25) is 0 Å². The van der Waals surface area contributed by atoms with E-state index in [1.165, 1.54) is 11.3 Å². The Morgan fingerprint density at radius 2 is 2.26 bits per heavy atom. The summed E-state index contributed by atoms with van der Waals surface area (Å²) in [7, 11) is 0. The van der Waals surface area contributed by atoms with Crippen LogP contribution in [0.15, 0.2) is 21.6 Å². The Labute approximate surface area is 114 Å². The molecule has 10 heteroatoms. The third kappa shape index (κ3) is 3.03. The van der Waals surface area contributed by atoms with Gasteiger partial charge >= 0.3 is 5.97 Å². The van der Waals surface area contributed by atoms with Crippen molar-refractivity contribution in [3.63, 3.8) is 0 Å². The fourth-order valence-corrected chi connectivity index (χ4v) is 2.97. The molecule has 0 aromatic carbocycles. The van der Waals surface area contributed by atoms with Gasteiger partial charge < -0.3 is 5.11 Å². The zero-order chi connectivity index (χ0) is 14.0. The first kappa shape index (κ1) is 13.4. The number of rotatable bonds is 4. The van der Waals surface area contributed by atoms with Gasteiger partial charge in [-0.05, 0) is 18.7 Å². The number of hydrogen-bond acceptors (Lipinski definition) is 8. The Hall–Kier alpha value is -2.07. The van der Waals surface area contributed by atoms with Gasteiger partial charge in [0.25, 0.3) is 5.69 Å². The average Bonchev–Trinajstić information content (AvgIpc) is 2.74. The highest BCUT2D eigenvalue weighted by molar-refractivity contribution is 8.01. The topological polar surface area (TPSA) is 119 Å². The lowest BCUT2D eigenvalue weighted by Gasteiger charge is -2.01. The second-order valence-electron chi connectivity index (χ2n) is 3.30. The molecule has 0 unspecified atom stereocenters. The zero-order valence-electron chi connectivity index (χ0n) is 9.43. The molecule has 19 heavy (non-hydrogen) atoms. The van der Waals surface area contributed by atoms with E-state index in [4.69, 9.17) is 5.11 Å². The van der Waals surface area contributed by atoms with Crippen LogP contribution in [0.3, 0.4) is 0 Å². The quantitative estimate of drug-likeness (QED) is 0.672. The van der Waals surface area contributed by atoms with Crippen molar-refractivity contribution in [1.82, 2.24) is 15.2 Å². The lowest BCUT2D eigenvalue weighted by molar-refractivity contribution is -0.385. The summed E-state index contributed by atoms with van der Waals surface area (Å²) in [5.41, 5.74) is -0.595. The summed E-state index contributed by atoms with van der Waals surface area (Å²) in [5.74, 6) is -1.28. The van der Waals surface area contributed by atoms with E-state index in [1.807, 2.05) is 0 Å². The molecule has 0 aliphatic rings. The molecule has 8 nitrogen and oxygen atoms in total. The highest BCUT2D eigenvalue weighted by atomic mass is 32.2. The summed E-state index contributed by atoms with van der Waals surface area (Å²) in [6.45, 7) is 1.77. The minimum atomic E-state index is -1.28. The first-order valence-electron chi connectivity index (χ1n) is 4.83. The molecule has 0 bridgehead atoms. The second kappa shape index (κ2) is 5.28. The molecule has 2 aromatic rings. The predicted molar refractivity (Wildman–Crippen MR) is 66.6 cm³/mol. The van der Waals surface area contributed by atoms with Gasteiger partial charge in [-0.1, -0.05) is 11.3 Å². The summed E-state index contributed by atoms with van der Waals surface area (Å²) in [6, 6.07) is 0.978. The van der Waals surface area contributed by atoms with E-state index in [-0.39, 0.29) is 16.3 Å². The summed E-state index contributed by atoms with van der Waals surface area (Å²) < 4.78 is 0.529. The molecule has 2 rings (SSSR count). The van der Waals surface area contributed by atoms with Gasteiger partial charge in [-0.3, -0.25) is 10.1 Å². The van der Waals surface area contributed by atoms with Gasteiger partial charge in [0, 0.05) is 6.07 Å². The first-order valence-corrected chi connectivity index (χ1v) is 6.46. The van der Waals surface area contributed by atoms with Crippen molar-refractivity contribution in [3.8, 4) is 0 Å². The summed E-state index contributed by atoms with van der Waals surface area (Å²) in [4.78, 5) is 24.8. The maximum Gasteiger partial charge on any atom is 0.338 e. The maximum absolute atomic E-state index is 11.1. The van der Waals surface area contributed by atoms with E-state index >= 15 is 0 Å². The van der Waals surface area contributed by atoms with Gasteiger partial charge in [0.05, 0.1) is 10.5 Å². The number of carbonyl (C=O) groups is 1. The Morgan fingerprint density at radius 1 is 1.53 bits per heavy atom. The third-order valence-corrected chi connectivity index (χ3v) is 3.88. The molecule has 1 N–H and O–H groups in total. The van der Waals surface area contributed by atoms with Gasteiger partial charge in [-0.2, -0.15) is 0 Å². The van der Waals surface area contributed by atoms with Crippen LogP contribution in [0.5, 0.6) is 0 Å². The van der Waals surface area contributed by atoms with Crippen molar-refractivity contribution in [3.05, 3.63) is 32.9 Å². The van der Waals surface area contributed by atoms with Crippen LogP contribution in [0.1, 0.15) is 15.4 Å². The molecule has 0 spiro atoms. The van der Waals surface area contributed by atoms with Crippen molar-refractivity contribution in [2.45, 2.75) is 16.3 Å². The summed E-state index contributed by atoms with van der Waals surface area (Å²) in [5, 5.41) is 28.2. The highest BCUT2D eigenvalue weighted by Crippen LogP contribution is 2.32. The number of aryl methyl sites for hydroxylation is 1. The van der Waals surface area contributed by atoms with E-state index < -0.39 is 10.9 Å². The number of nitro groups is 1. The van der Waals surface area contributed by atoms with E-state index in [2.05, 4.69) is 15.2 Å². The van der Waals surface area contributed by atoms with E-state index in [1.54, 1.807) is 6.92 Å². The van der Waals surface area contributed by atoms with Crippen LogP contribution >= 0.6 is 23.1 Å². The Kier molecular flexibility index (Phi) is 3.71. The predicted octanol–water partition coefficient (Wildman–Crippen LogP) is 2.00. The van der Waals surface area contributed by atoms with Crippen LogP contribution in [0.25, 0.3) is 0 Å².